The zero-order chi connectivity index (χ0) is 18.8. The fraction of sp³-hybridized carbons (Fsp3) is 0.0909. The molecule has 4 aromatic rings. The molecule has 2 heterocycles. The molecule has 27 heavy (non-hydrogen) atoms. The van der Waals surface area contributed by atoms with Gasteiger partial charge in [-0.25, -0.2) is 9.97 Å². The van der Waals surface area contributed by atoms with Crippen LogP contribution in [0.1, 0.15) is 22.9 Å². The van der Waals surface area contributed by atoms with E-state index in [0.717, 1.165) is 22.2 Å². The number of nitrogens with zero attached hydrogens (tertiary/aromatic N) is 2. The molecule has 2 aromatic carbocycles. The summed E-state index contributed by atoms with van der Waals surface area (Å²) in [6.45, 7) is 1.91. The Kier molecular flexibility index (Phi) is 4.65. The van der Waals surface area contributed by atoms with E-state index in [0.29, 0.717) is 16.4 Å². The van der Waals surface area contributed by atoms with Crippen LogP contribution in [-0.4, -0.2) is 15.1 Å². The van der Waals surface area contributed by atoms with Crippen molar-refractivity contribution < 1.29 is 5.11 Å². The highest BCUT2D eigenvalue weighted by atomic mass is 35.5. The first-order valence-corrected chi connectivity index (χ1v) is 9.02. The predicted molar refractivity (Wildman–Crippen MR) is 109 cm³/mol. The van der Waals surface area contributed by atoms with Crippen molar-refractivity contribution in [2.24, 2.45) is 0 Å². The van der Waals surface area contributed by atoms with Crippen molar-refractivity contribution in [2.45, 2.75) is 13.0 Å². The molecule has 0 saturated carbocycles. The third-order valence-electron chi connectivity index (χ3n) is 4.47. The number of hydrogen-bond acceptors (Lipinski definition) is 4. The van der Waals surface area contributed by atoms with Crippen LogP contribution in [0.3, 0.4) is 0 Å². The second kappa shape index (κ2) is 7.25. The maximum absolute atomic E-state index is 11.0. The average Bonchev–Trinajstić information content (AvgIpc) is 2.69. The van der Waals surface area contributed by atoms with Gasteiger partial charge in [-0.3, -0.25) is 0 Å². The molecule has 134 valence electrons. The van der Waals surface area contributed by atoms with Gasteiger partial charge < -0.3 is 10.4 Å². The number of hydrogen-bond donors (Lipinski definition) is 2. The zero-order valence-electron chi connectivity index (χ0n) is 14.7. The van der Waals surface area contributed by atoms with Crippen molar-refractivity contribution in [1.29, 1.82) is 0 Å². The Labute approximate surface area is 162 Å². The van der Waals surface area contributed by atoms with Crippen LogP contribution in [0.4, 0.5) is 5.82 Å². The molecule has 0 fully saturated rings. The lowest BCUT2D eigenvalue weighted by Gasteiger charge is -2.22. The number of aromatic nitrogens is 2. The summed E-state index contributed by atoms with van der Waals surface area (Å²) in [5, 5.41) is 15.9. The normalized spacial score (nSPS) is 12.1. The average molecular weight is 376 g/mol. The lowest BCUT2D eigenvalue weighted by Crippen LogP contribution is -2.13. The third-order valence-corrected chi connectivity index (χ3v) is 4.69. The molecular formula is C22H18ClN3O. The third kappa shape index (κ3) is 3.57. The summed E-state index contributed by atoms with van der Waals surface area (Å²) < 4.78 is 0. The van der Waals surface area contributed by atoms with E-state index in [9.17, 15) is 5.11 Å². The fourth-order valence-electron chi connectivity index (χ4n) is 3.12. The zero-order valence-corrected chi connectivity index (χ0v) is 15.5. The fourth-order valence-corrected chi connectivity index (χ4v) is 3.23. The van der Waals surface area contributed by atoms with Gasteiger partial charge in [-0.05, 0) is 30.7 Å². The van der Waals surface area contributed by atoms with Gasteiger partial charge in [-0.2, -0.15) is 0 Å². The highest BCUT2D eigenvalue weighted by Crippen LogP contribution is 2.36. The molecular weight excluding hydrogens is 358 g/mol. The topological polar surface area (TPSA) is 58.0 Å². The van der Waals surface area contributed by atoms with E-state index in [-0.39, 0.29) is 11.8 Å². The molecule has 5 heteroatoms. The number of phenols is 1. The highest BCUT2D eigenvalue weighted by Gasteiger charge is 2.20. The van der Waals surface area contributed by atoms with Crippen LogP contribution in [0.15, 0.2) is 72.9 Å². The van der Waals surface area contributed by atoms with Gasteiger partial charge in [0.1, 0.15) is 17.1 Å². The van der Waals surface area contributed by atoms with Crippen LogP contribution in [0.2, 0.25) is 5.02 Å². The van der Waals surface area contributed by atoms with Gasteiger partial charge in [0.2, 0.25) is 0 Å². The summed E-state index contributed by atoms with van der Waals surface area (Å²) >= 11 is 5.95. The maximum atomic E-state index is 11.0. The Balaban J connectivity index is 1.84. The van der Waals surface area contributed by atoms with E-state index in [1.165, 1.54) is 0 Å². The standard InChI is InChI=1S/C22H18ClN3O/c1-14-7-8-16-9-11-18(22(27)21(16)25-14)20(15-5-3-2-4-6-15)26-19-12-10-17(23)13-24-19/h2-13,20,27H,1H3,(H,24,26). The van der Waals surface area contributed by atoms with Crippen LogP contribution >= 0.6 is 11.6 Å². The van der Waals surface area contributed by atoms with Gasteiger partial charge in [-0.1, -0.05) is 60.1 Å². The van der Waals surface area contributed by atoms with Crippen molar-refractivity contribution >= 4 is 28.3 Å². The summed E-state index contributed by atoms with van der Waals surface area (Å²) in [6, 6.07) is 21.1. The minimum absolute atomic E-state index is 0.173. The first kappa shape index (κ1) is 17.3. The van der Waals surface area contributed by atoms with E-state index in [1.807, 2.05) is 67.6 Å². The lowest BCUT2D eigenvalue weighted by atomic mass is 9.96. The van der Waals surface area contributed by atoms with Gasteiger partial charge in [0.05, 0.1) is 11.1 Å². The van der Waals surface area contributed by atoms with Crippen molar-refractivity contribution in [3.05, 3.63) is 94.8 Å². The quantitative estimate of drug-likeness (QED) is 0.494. The van der Waals surface area contributed by atoms with Crippen molar-refractivity contribution in [1.82, 2.24) is 9.97 Å². The molecule has 0 aliphatic rings. The number of anilines is 1. The number of aromatic hydroxyl groups is 1. The van der Waals surface area contributed by atoms with Crippen molar-refractivity contribution in [2.75, 3.05) is 5.32 Å². The van der Waals surface area contributed by atoms with Gasteiger partial charge in [0.25, 0.3) is 0 Å². The van der Waals surface area contributed by atoms with Gasteiger partial charge in [0, 0.05) is 22.8 Å². The van der Waals surface area contributed by atoms with Crippen molar-refractivity contribution in [3.63, 3.8) is 0 Å². The molecule has 0 saturated heterocycles. The number of nitrogens with one attached hydrogen (secondary N) is 1. The first-order valence-electron chi connectivity index (χ1n) is 8.64. The molecule has 2 N–H and O–H groups in total. The molecule has 4 nitrogen and oxygen atoms in total. The first-order chi connectivity index (χ1) is 13.1. The Hall–Kier alpha value is -3.11. The maximum Gasteiger partial charge on any atom is 0.147 e. The number of fused-ring (bicyclic) bond motifs is 1. The van der Waals surface area contributed by atoms with Gasteiger partial charge in [-0.15, -0.1) is 0 Å². The van der Waals surface area contributed by atoms with E-state index in [4.69, 9.17) is 11.6 Å². The Morgan fingerprint density at radius 2 is 1.74 bits per heavy atom. The number of rotatable bonds is 4. The number of aryl methyl sites for hydroxylation is 1. The molecule has 0 aliphatic carbocycles. The molecule has 0 spiro atoms. The molecule has 1 atom stereocenters. The smallest absolute Gasteiger partial charge is 0.147 e. The second-order valence-electron chi connectivity index (χ2n) is 6.38. The monoisotopic (exact) mass is 375 g/mol. The largest absolute Gasteiger partial charge is 0.505 e. The molecule has 0 aliphatic heterocycles. The predicted octanol–water partition coefficient (Wildman–Crippen LogP) is 5.50. The summed E-state index contributed by atoms with van der Waals surface area (Å²) in [5.74, 6) is 0.844. The Morgan fingerprint density at radius 3 is 2.48 bits per heavy atom. The minimum atomic E-state index is -0.286. The summed E-state index contributed by atoms with van der Waals surface area (Å²) in [4.78, 5) is 8.85. The van der Waals surface area contributed by atoms with E-state index in [1.54, 1.807) is 12.3 Å². The highest BCUT2D eigenvalue weighted by molar-refractivity contribution is 6.30. The van der Waals surface area contributed by atoms with E-state index >= 15 is 0 Å². The lowest BCUT2D eigenvalue weighted by molar-refractivity contribution is 0.471. The molecule has 1 unspecified atom stereocenters. The van der Waals surface area contributed by atoms with Crippen LogP contribution in [0.25, 0.3) is 10.9 Å². The second-order valence-corrected chi connectivity index (χ2v) is 6.81. The summed E-state index contributed by atoms with van der Waals surface area (Å²) in [6.07, 6.45) is 1.59. The van der Waals surface area contributed by atoms with Crippen LogP contribution in [-0.2, 0) is 0 Å². The van der Waals surface area contributed by atoms with Gasteiger partial charge in [0.15, 0.2) is 0 Å². The number of halogens is 1. The Morgan fingerprint density at radius 1 is 0.963 bits per heavy atom. The Bertz CT molecular complexity index is 1080. The van der Waals surface area contributed by atoms with E-state index < -0.39 is 0 Å². The molecule has 0 bridgehead atoms. The summed E-state index contributed by atoms with van der Waals surface area (Å²) in [7, 11) is 0. The number of benzene rings is 2. The van der Waals surface area contributed by atoms with E-state index in [2.05, 4.69) is 15.3 Å². The molecule has 0 radical (unpaired) electrons. The van der Waals surface area contributed by atoms with Crippen LogP contribution in [0, 0.1) is 6.92 Å². The molecule has 0 amide bonds. The van der Waals surface area contributed by atoms with Gasteiger partial charge >= 0.3 is 0 Å². The number of pyridine rings is 2. The molecule has 4 rings (SSSR count). The van der Waals surface area contributed by atoms with Crippen LogP contribution < -0.4 is 5.32 Å². The molecule has 2 aromatic heterocycles. The van der Waals surface area contributed by atoms with Crippen LogP contribution in [0.5, 0.6) is 5.75 Å². The SMILES string of the molecule is Cc1ccc2ccc(C(Nc3ccc(Cl)cn3)c3ccccc3)c(O)c2n1. The minimum Gasteiger partial charge on any atom is -0.505 e. The van der Waals surface area contributed by atoms with Crippen molar-refractivity contribution in [3.8, 4) is 5.75 Å². The number of phenolic OH excluding ortho intramolecular Hbond substituents is 1. The summed E-state index contributed by atoms with van der Waals surface area (Å²) in [5.41, 5.74) is 3.21.